The summed E-state index contributed by atoms with van der Waals surface area (Å²) in [5.41, 5.74) is 0. The maximum atomic E-state index is 7.88. The second-order valence-electron chi connectivity index (χ2n) is 0.724. The van der Waals surface area contributed by atoms with Crippen molar-refractivity contribution in [1.29, 1.82) is 0 Å². The van der Waals surface area contributed by atoms with Crippen molar-refractivity contribution in [2.24, 2.45) is 0 Å². The van der Waals surface area contributed by atoms with Crippen LogP contribution in [0.3, 0.4) is 0 Å². The maximum Gasteiger partial charge on any atom is 0.0428 e. The molecule has 5 heavy (non-hydrogen) atoms. The number of aliphatic hydroxyl groups is 1. The lowest BCUT2D eigenvalue weighted by Gasteiger charge is -1.69. The number of hydrogen-bond donors (Lipinski definition) is 1. The van der Waals surface area contributed by atoms with E-state index < -0.39 is 0 Å². The first kappa shape index (κ1) is 8.87. The van der Waals surface area contributed by atoms with Crippen LogP contribution in [0.2, 0.25) is 0 Å². The lowest BCUT2D eigenvalue weighted by Crippen LogP contribution is -1.69. The smallest absolute Gasteiger partial charge is 0.0428 e. The molecule has 0 fully saturated rings. The van der Waals surface area contributed by atoms with Crippen molar-refractivity contribution in [3.63, 3.8) is 0 Å². The molecule has 0 aromatic carbocycles. The second-order valence-corrected chi connectivity index (χ2v) is 0.724. The highest BCUT2D eigenvalue weighted by atomic mass is 16.2. The Balaban J connectivity index is 0. The molecule has 0 aromatic rings. The van der Waals surface area contributed by atoms with Gasteiger partial charge in [-0.25, -0.2) is 0 Å². The van der Waals surface area contributed by atoms with E-state index in [1.165, 1.54) is 0 Å². The molecule has 3 N–H and O–H groups in total. The summed E-state index contributed by atoms with van der Waals surface area (Å²) in [5.74, 6) is 0. The van der Waals surface area contributed by atoms with E-state index in [9.17, 15) is 0 Å². The third kappa shape index (κ3) is 17.1. The summed E-state index contributed by atoms with van der Waals surface area (Å²) in [5, 5.41) is 7.88. The van der Waals surface area contributed by atoms with Crippen LogP contribution < -0.4 is 0 Å². The molecule has 0 radical (unpaired) electrons. The molecule has 2 heteroatoms. The third-order valence-electron chi connectivity index (χ3n) is 0.224. The molecule has 0 aliphatic rings. The molecule has 34 valence electrons. The Hall–Kier alpha value is -0.0800. The zero-order chi connectivity index (χ0) is 3.41. The van der Waals surface area contributed by atoms with Crippen LogP contribution in [-0.2, 0) is 0 Å². The summed E-state index contributed by atoms with van der Waals surface area (Å²) in [7, 11) is 0. The highest BCUT2D eigenvalue weighted by Gasteiger charge is 1.57. The monoisotopic (exact) mass is 78.1 g/mol. The molecule has 0 atom stereocenters. The van der Waals surface area contributed by atoms with E-state index in [0.29, 0.717) is 6.61 Å². The van der Waals surface area contributed by atoms with E-state index in [4.69, 9.17) is 5.11 Å². The van der Waals surface area contributed by atoms with E-state index in [1.54, 1.807) is 0 Å². The first-order valence-corrected chi connectivity index (χ1v) is 1.52. The second kappa shape index (κ2) is 9.07. The van der Waals surface area contributed by atoms with Gasteiger partial charge in [-0.05, 0) is 6.42 Å². The number of rotatable bonds is 1. The lowest BCUT2D eigenvalue weighted by molar-refractivity contribution is 0.295. The fourth-order valence-electron chi connectivity index (χ4n) is 0. The van der Waals surface area contributed by atoms with E-state index in [0.717, 1.165) is 6.42 Å². The normalized spacial score (nSPS) is 6.00. The summed E-state index contributed by atoms with van der Waals surface area (Å²) in [4.78, 5) is 0. The highest BCUT2D eigenvalue weighted by molar-refractivity contribution is 4.10. The molecule has 0 rings (SSSR count). The third-order valence-corrected chi connectivity index (χ3v) is 0.224. The summed E-state index contributed by atoms with van der Waals surface area (Å²) < 4.78 is 0. The molecule has 0 saturated carbocycles. The van der Waals surface area contributed by atoms with Crippen LogP contribution in [0.5, 0.6) is 0 Å². The van der Waals surface area contributed by atoms with Gasteiger partial charge in [-0.15, -0.1) is 0 Å². The van der Waals surface area contributed by atoms with Gasteiger partial charge in [-0.1, -0.05) is 6.92 Å². The zero-order valence-corrected chi connectivity index (χ0v) is 3.36. The van der Waals surface area contributed by atoms with Gasteiger partial charge < -0.3 is 10.6 Å². The average Bonchev–Trinajstić information content (AvgIpc) is 1.37. The van der Waals surface area contributed by atoms with Crippen LogP contribution in [0.25, 0.3) is 0 Å². The summed E-state index contributed by atoms with van der Waals surface area (Å²) in [6, 6.07) is 0. The Labute approximate surface area is 31.7 Å². The Bertz CT molecular complexity index is 6.85. The van der Waals surface area contributed by atoms with Crippen LogP contribution in [-0.4, -0.2) is 17.2 Å². The van der Waals surface area contributed by atoms with Gasteiger partial charge in [0.05, 0.1) is 0 Å². The first-order chi connectivity index (χ1) is 1.91. The minimum atomic E-state index is 0. The van der Waals surface area contributed by atoms with Crippen molar-refractivity contribution in [1.82, 2.24) is 0 Å². The maximum absolute atomic E-state index is 7.88. The zero-order valence-electron chi connectivity index (χ0n) is 3.36. The summed E-state index contributed by atoms with van der Waals surface area (Å²) in [6.07, 6.45) is 0.875. The molecule has 0 bridgehead atoms. The van der Waals surface area contributed by atoms with Crippen LogP contribution >= 0.6 is 0 Å². The molecule has 0 heterocycles. The van der Waals surface area contributed by atoms with Gasteiger partial charge in [0.1, 0.15) is 0 Å². The quantitative estimate of drug-likeness (QED) is 0.454. The van der Waals surface area contributed by atoms with Gasteiger partial charge in [-0.2, -0.15) is 0 Å². The molecule has 2 nitrogen and oxygen atoms in total. The SMILES string of the molecule is CCCO.O. The van der Waals surface area contributed by atoms with Crippen molar-refractivity contribution in [2.45, 2.75) is 13.3 Å². The lowest BCUT2D eigenvalue weighted by atomic mass is 10.5. The topological polar surface area (TPSA) is 51.7 Å². The van der Waals surface area contributed by atoms with Gasteiger partial charge in [0.2, 0.25) is 0 Å². The molecule has 0 saturated heterocycles. The Morgan fingerprint density at radius 3 is 1.80 bits per heavy atom. The van der Waals surface area contributed by atoms with Crippen molar-refractivity contribution in [2.75, 3.05) is 6.61 Å². The van der Waals surface area contributed by atoms with Gasteiger partial charge in [0.15, 0.2) is 0 Å². The molecular weight excluding hydrogens is 68.0 g/mol. The van der Waals surface area contributed by atoms with Crippen molar-refractivity contribution >= 4 is 0 Å². The predicted molar refractivity (Wildman–Crippen MR) is 21.0 cm³/mol. The van der Waals surface area contributed by atoms with Crippen LogP contribution in [0, 0.1) is 0 Å². The van der Waals surface area contributed by atoms with Gasteiger partial charge in [0.25, 0.3) is 0 Å². The van der Waals surface area contributed by atoms with E-state index in [2.05, 4.69) is 0 Å². The Morgan fingerprint density at radius 1 is 1.60 bits per heavy atom. The van der Waals surface area contributed by atoms with Gasteiger partial charge in [0, 0.05) is 6.61 Å². The summed E-state index contributed by atoms with van der Waals surface area (Å²) >= 11 is 0. The van der Waals surface area contributed by atoms with Gasteiger partial charge >= 0.3 is 0 Å². The van der Waals surface area contributed by atoms with Crippen molar-refractivity contribution < 1.29 is 10.6 Å². The molecule has 0 amide bonds. The van der Waals surface area contributed by atoms with Crippen LogP contribution in [0.4, 0.5) is 0 Å². The molecule has 0 aliphatic carbocycles. The Morgan fingerprint density at radius 2 is 1.80 bits per heavy atom. The molecule has 0 unspecified atom stereocenters. The Kier molecular flexibility index (Phi) is 16.1. The molecule has 0 spiro atoms. The van der Waals surface area contributed by atoms with Crippen LogP contribution in [0.1, 0.15) is 13.3 Å². The van der Waals surface area contributed by atoms with E-state index in [1.807, 2.05) is 6.92 Å². The summed E-state index contributed by atoms with van der Waals surface area (Å²) in [6.45, 7) is 2.25. The fraction of sp³-hybridized carbons (Fsp3) is 1.00. The standard InChI is InChI=1S/C3H8O.H2O/c1-2-3-4;/h4H,2-3H2,1H3;1H2. The molecule has 0 aliphatic heterocycles. The predicted octanol–water partition coefficient (Wildman–Crippen LogP) is -0.436. The highest BCUT2D eigenvalue weighted by Crippen LogP contribution is 1.61. The first-order valence-electron chi connectivity index (χ1n) is 1.52. The molecule has 0 aromatic heterocycles. The van der Waals surface area contributed by atoms with Crippen LogP contribution in [0.15, 0.2) is 0 Å². The van der Waals surface area contributed by atoms with Gasteiger partial charge in [-0.3, -0.25) is 0 Å². The number of hydrogen-bond acceptors (Lipinski definition) is 1. The molecular formula is C3H10O2. The average molecular weight is 78.1 g/mol. The van der Waals surface area contributed by atoms with E-state index in [-0.39, 0.29) is 5.48 Å². The minimum absolute atomic E-state index is 0. The minimum Gasteiger partial charge on any atom is -0.412 e. The van der Waals surface area contributed by atoms with E-state index >= 15 is 0 Å². The van der Waals surface area contributed by atoms with Crippen molar-refractivity contribution in [3.05, 3.63) is 0 Å². The largest absolute Gasteiger partial charge is 0.412 e. The van der Waals surface area contributed by atoms with Crippen molar-refractivity contribution in [3.8, 4) is 0 Å². The fourth-order valence-corrected chi connectivity index (χ4v) is 0. The number of aliphatic hydroxyl groups excluding tert-OH is 1.